The van der Waals surface area contributed by atoms with Gasteiger partial charge in [0.25, 0.3) is 5.89 Å². The number of hydrogen-bond acceptors (Lipinski definition) is 5. The lowest BCUT2D eigenvalue weighted by atomic mass is 10.1. The van der Waals surface area contributed by atoms with Gasteiger partial charge in [-0.2, -0.15) is 16.7 Å². The molecule has 2 heterocycles. The maximum Gasteiger partial charge on any atom is 0.257 e. The molecule has 1 aliphatic rings. The van der Waals surface area contributed by atoms with E-state index < -0.39 is 0 Å². The van der Waals surface area contributed by atoms with E-state index in [4.69, 9.17) is 10.3 Å². The van der Waals surface area contributed by atoms with Gasteiger partial charge >= 0.3 is 0 Å². The van der Waals surface area contributed by atoms with Gasteiger partial charge < -0.3 is 10.3 Å². The van der Waals surface area contributed by atoms with Crippen LogP contribution in [-0.4, -0.2) is 15.9 Å². The van der Waals surface area contributed by atoms with Crippen LogP contribution in [-0.2, 0) is 0 Å². The lowest BCUT2D eigenvalue weighted by Crippen LogP contribution is -2.03. The summed E-state index contributed by atoms with van der Waals surface area (Å²) < 4.78 is 5.38. The Morgan fingerprint density at radius 3 is 3.00 bits per heavy atom. The predicted octanol–water partition coefficient (Wildman–Crippen LogP) is 3.59. The molecule has 1 saturated heterocycles. The molecule has 100 valence electrons. The summed E-state index contributed by atoms with van der Waals surface area (Å²) in [7, 11) is 0. The van der Waals surface area contributed by atoms with Gasteiger partial charge in [0.05, 0.1) is 5.25 Å². The maximum absolute atomic E-state index is 5.82. The van der Waals surface area contributed by atoms with E-state index in [1.165, 1.54) is 18.6 Å². The second kappa shape index (κ2) is 5.25. The molecule has 1 unspecified atom stereocenters. The monoisotopic (exact) mass is 275 g/mol. The Morgan fingerprint density at radius 1 is 1.37 bits per heavy atom. The third-order valence-electron chi connectivity index (χ3n) is 3.43. The first-order valence-electron chi connectivity index (χ1n) is 6.56. The van der Waals surface area contributed by atoms with Crippen LogP contribution >= 0.6 is 11.8 Å². The zero-order chi connectivity index (χ0) is 13.2. The number of anilines is 1. The Balaban J connectivity index is 1.85. The smallest absolute Gasteiger partial charge is 0.257 e. The van der Waals surface area contributed by atoms with Crippen LogP contribution < -0.4 is 5.73 Å². The van der Waals surface area contributed by atoms with Crippen molar-refractivity contribution < 1.29 is 4.52 Å². The largest absolute Gasteiger partial charge is 0.399 e. The minimum absolute atomic E-state index is 0.390. The van der Waals surface area contributed by atoms with Crippen molar-refractivity contribution in [2.24, 2.45) is 0 Å². The number of aromatic nitrogens is 2. The van der Waals surface area contributed by atoms with Crippen molar-refractivity contribution >= 4 is 17.4 Å². The van der Waals surface area contributed by atoms with Crippen molar-refractivity contribution in [3.63, 3.8) is 0 Å². The fourth-order valence-electron chi connectivity index (χ4n) is 2.24. The number of nitrogen functional groups attached to an aromatic ring is 1. The van der Waals surface area contributed by atoms with Gasteiger partial charge in [0, 0.05) is 11.3 Å². The van der Waals surface area contributed by atoms with Crippen LogP contribution in [0.2, 0.25) is 0 Å². The minimum atomic E-state index is 0.390. The molecule has 4 nitrogen and oxygen atoms in total. The van der Waals surface area contributed by atoms with Crippen molar-refractivity contribution in [3.8, 4) is 11.5 Å². The van der Waals surface area contributed by atoms with Gasteiger partial charge in [0.1, 0.15) is 0 Å². The molecule has 5 heteroatoms. The average molecular weight is 275 g/mol. The molecular formula is C14H17N3OS. The number of thioether (sulfide) groups is 1. The first kappa shape index (κ1) is 12.5. The molecule has 0 aliphatic carbocycles. The molecule has 1 aromatic heterocycles. The molecule has 0 spiro atoms. The van der Waals surface area contributed by atoms with Crippen molar-refractivity contribution in [2.45, 2.75) is 31.4 Å². The van der Waals surface area contributed by atoms with Gasteiger partial charge in [-0.1, -0.05) is 11.6 Å². The summed E-state index contributed by atoms with van der Waals surface area (Å²) in [6.45, 7) is 1.98. The predicted molar refractivity (Wildman–Crippen MR) is 77.9 cm³/mol. The van der Waals surface area contributed by atoms with E-state index in [1.807, 2.05) is 36.9 Å². The van der Waals surface area contributed by atoms with E-state index in [0.717, 1.165) is 29.1 Å². The van der Waals surface area contributed by atoms with E-state index in [9.17, 15) is 0 Å². The van der Waals surface area contributed by atoms with Crippen molar-refractivity contribution in [3.05, 3.63) is 29.6 Å². The highest BCUT2D eigenvalue weighted by Crippen LogP contribution is 2.37. The van der Waals surface area contributed by atoms with Crippen molar-refractivity contribution in [2.75, 3.05) is 11.5 Å². The number of nitrogens with zero attached hydrogens (tertiary/aromatic N) is 2. The Labute approximate surface area is 116 Å². The highest BCUT2D eigenvalue weighted by molar-refractivity contribution is 7.99. The molecule has 1 aliphatic heterocycles. The van der Waals surface area contributed by atoms with E-state index in [0.29, 0.717) is 11.1 Å². The van der Waals surface area contributed by atoms with Crippen LogP contribution in [0.15, 0.2) is 22.7 Å². The summed E-state index contributed by atoms with van der Waals surface area (Å²) >= 11 is 1.93. The van der Waals surface area contributed by atoms with Crippen LogP contribution in [0.3, 0.4) is 0 Å². The molecule has 2 N–H and O–H groups in total. The number of hydrogen-bond donors (Lipinski definition) is 1. The molecule has 3 rings (SSSR count). The van der Waals surface area contributed by atoms with Crippen LogP contribution in [0, 0.1) is 6.92 Å². The van der Waals surface area contributed by atoms with Gasteiger partial charge in [-0.05, 0) is 49.3 Å². The molecule has 1 aromatic carbocycles. The lowest BCUT2D eigenvalue weighted by molar-refractivity contribution is 0.420. The summed E-state index contributed by atoms with van der Waals surface area (Å²) in [5.74, 6) is 2.61. The third kappa shape index (κ3) is 2.61. The van der Waals surface area contributed by atoms with Gasteiger partial charge in [-0.25, -0.2) is 0 Å². The van der Waals surface area contributed by atoms with E-state index >= 15 is 0 Å². The first-order chi connectivity index (χ1) is 9.24. The summed E-state index contributed by atoms with van der Waals surface area (Å²) in [6, 6.07) is 5.79. The van der Waals surface area contributed by atoms with Crippen LogP contribution in [0.4, 0.5) is 5.69 Å². The van der Waals surface area contributed by atoms with Gasteiger partial charge in [-0.3, -0.25) is 0 Å². The quantitative estimate of drug-likeness (QED) is 0.848. The number of nitrogens with two attached hydrogens (primary N) is 1. The van der Waals surface area contributed by atoms with Gasteiger partial charge in [0.2, 0.25) is 0 Å². The zero-order valence-corrected chi connectivity index (χ0v) is 11.7. The van der Waals surface area contributed by atoms with Crippen LogP contribution in [0.1, 0.15) is 35.9 Å². The molecule has 2 aromatic rings. The van der Waals surface area contributed by atoms with E-state index in [1.54, 1.807) is 0 Å². The molecule has 1 atom stereocenters. The molecule has 0 amide bonds. The normalized spacial score (nSPS) is 19.5. The second-order valence-corrected chi connectivity index (χ2v) is 6.19. The fourth-order valence-corrected chi connectivity index (χ4v) is 3.47. The van der Waals surface area contributed by atoms with Crippen molar-refractivity contribution in [1.82, 2.24) is 10.1 Å². The topological polar surface area (TPSA) is 64.9 Å². The number of rotatable bonds is 2. The Kier molecular flexibility index (Phi) is 3.46. The number of aryl methyl sites for hydroxylation is 1. The highest BCUT2D eigenvalue weighted by atomic mass is 32.2. The maximum atomic E-state index is 5.82. The Hall–Kier alpha value is -1.49. The molecule has 19 heavy (non-hydrogen) atoms. The van der Waals surface area contributed by atoms with Gasteiger partial charge in [-0.15, -0.1) is 0 Å². The third-order valence-corrected chi connectivity index (χ3v) is 4.80. The lowest BCUT2D eigenvalue weighted by Gasteiger charge is -2.17. The van der Waals surface area contributed by atoms with Crippen molar-refractivity contribution in [1.29, 1.82) is 0 Å². The summed E-state index contributed by atoms with van der Waals surface area (Å²) in [5.41, 5.74) is 8.57. The number of benzene rings is 1. The van der Waals surface area contributed by atoms with Gasteiger partial charge in [0.15, 0.2) is 5.82 Å². The molecule has 0 radical (unpaired) electrons. The standard InChI is InChI=1S/C14H17N3OS/c1-9-8-10(5-6-11(9)15)14-16-13(17-18-14)12-4-2-3-7-19-12/h5-6,8,12H,2-4,7,15H2,1H3. The Morgan fingerprint density at radius 2 is 2.26 bits per heavy atom. The second-order valence-electron chi connectivity index (χ2n) is 4.88. The zero-order valence-electron chi connectivity index (χ0n) is 10.9. The summed E-state index contributed by atoms with van der Waals surface area (Å²) in [4.78, 5) is 4.54. The minimum Gasteiger partial charge on any atom is -0.399 e. The highest BCUT2D eigenvalue weighted by Gasteiger charge is 2.21. The summed E-state index contributed by atoms with van der Waals surface area (Å²) in [5, 5.41) is 4.52. The molecule has 0 saturated carbocycles. The van der Waals surface area contributed by atoms with E-state index in [2.05, 4.69) is 10.1 Å². The molecular weight excluding hydrogens is 258 g/mol. The molecule has 0 bridgehead atoms. The molecule has 1 fully saturated rings. The SMILES string of the molecule is Cc1cc(-c2nc(C3CCCCS3)no2)ccc1N. The summed E-state index contributed by atoms with van der Waals surface area (Å²) in [6.07, 6.45) is 3.69. The first-order valence-corrected chi connectivity index (χ1v) is 7.60. The van der Waals surface area contributed by atoms with Crippen LogP contribution in [0.5, 0.6) is 0 Å². The average Bonchev–Trinajstić information content (AvgIpc) is 2.93. The van der Waals surface area contributed by atoms with E-state index in [-0.39, 0.29) is 0 Å². The van der Waals surface area contributed by atoms with Crippen LogP contribution in [0.25, 0.3) is 11.5 Å². The fraction of sp³-hybridized carbons (Fsp3) is 0.429. The Bertz CT molecular complexity index is 576.